The van der Waals surface area contributed by atoms with E-state index in [-0.39, 0.29) is 42.3 Å². The van der Waals surface area contributed by atoms with Crippen LogP contribution < -0.4 is 5.32 Å². The summed E-state index contributed by atoms with van der Waals surface area (Å²) in [6.07, 6.45) is 4.18. The summed E-state index contributed by atoms with van der Waals surface area (Å²) in [5, 5.41) is 22.3. The van der Waals surface area contributed by atoms with E-state index in [0.29, 0.717) is 19.5 Å². The molecule has 2 heterocycles. The molecule has 2 bridgehead atoms. The predicted octanol–water partition coefficient (Wildman–Crippen LogP) is 0.725. The first kappa shape index (κ1) is 19.6. The lowest BCUT2D eigenvalue weighted by atomic mass is 9.56. The second-order valence-electron chi connectivity index (χ2n) is 9.13. The molecule has 1 unspecified atom stereocenters. The van der Waals surface area contributed by atoms with Gasteiger partial charge < -0.3 is 20.2 Å². The Labute approximate surface area is 164 Å². The summed E-state index contributed by atoms with van der Waals surface area (Å²) in [5.41, 5.74) is -0.445. The van der Waals surface area contributed by atoms with Crippen LogP contribution in [0.4, 0.5) is 4.39 Å². The molecule has 3 saturated carbocycles. The number of halogens is 1. The fourth-order valence-electron chi connectivity index (χ4n) is 5.58. The number of carbonyl (C=O) groups excluding carboxylic acids is 2. The van der Waals surface area contributed by atoms with E-state index in [1.165, 1.54) is 4.90 Å². The van der Waals surface area contributed by atoms with Crippen LogP contribution in [0.15, 0.2) is 0 Å². The average molecular weight is 392 g/mol. The van der Waals surface area contributed by atoms with Crippen LogP contribution >= 0.6 is 0 Å². The topological polar surface area (TPSA) is 96.7 Å². The molecule has 2 saturated heterocycles. The molecule has 8 heteroatoms. The standard InChI is InChI=1S/C20H29FN4O3/c21-14-9-15(10-22)25(12-14)17(27)11-23-20-5-2-19(3-6-20,4-7-20)18(28)24-8-1-16(26)13-24/h14-16,23,26H,1-9,11-13H2/t14-,15-,16?,19?,20?/m0/s1. The van der Waals surface area contributed by atoms with Gasteiger partial charge in [0.25, 0.3) is 0 Å². The van der Waals surface area contributed by atoms with E-state index in [1.54, 1.807) is 0 Å². The third-order valence-corrected chi connectivity index (χ3v) is 7.48. The number of aliphatic hydroxyl groups is 1. The SMILES string of the molecule is N#C[C@@H]1C[C@H](F)CN1C(=O)CNC12CCC(C(=O)N3CCC(O)C3)(CC1)CC2. The van der Waals surface area contributed by atoms with Gasteiger partial charge in [-0.3, -0.25) is 9.59 Å². The number of rotatable bonds is 4. The molecule has 0 spiro atoms. The first-order valence-electron chi connectivity index (χ1n) is 10.4. The van der Waals surface area contributed by atoms with Crippen LogP contribution in [-0.2, 0) is 9.59 Å². The van der Waals surface area contributed by atoms with Crippen molar-refractivity contribution in [1.82, 2.24) is 15.1 Å². The predicted molar refractivity (Wildman–Crippen MR) is 98.7 cm³/mol. The number of carbonyl (C=O) groups is 2. The van der Waals surface area contributed by atoms with Crippen LogP contribution in [0, 0.1) is 16.7 Å². The second kappa shape index (κ2) is 7.27. The normalized spacial score (nSPS) is 40.0. The molecule has 2 N–H and O–H groups in total. The summed E-state index contributed by atoms with van der Waals surface area (Å²) >= 11 is 0. The molecule has 7 nitrogen and oxygen atoms in total. The lowest BCUT2D eigenvalue weighted by Gasteiger charge is -2.53. The van der Waals surface area contributed by atoms with Gasteiger partial charge in [-0.2, -0.15) is 5.26 Å². The van der Waals surface area contributed by atoms with Crippen LogP contribution in [0.2, 0.25) is 0 Å². The smallest absolute Gasteiger partial charge is 0.237 e. The molecular formula is C20H29FN4O3. The monoisotopic (exact) mass is 392 g/mol. The van der Waals surface area contributed by atoms with E-state index in [4.69, 9.17) is 5.26 Å². The Kier molecular flexibility index (Phi) is 5.09. The maximum absolute atomic E-state index is 13.6. The molecule has 3 aliphatic carbocycles. The Balaban J connectivity index is 1.32. The number of aliphatic hydroxyl groups excluding tert-OH is 1. The number of alkyl halides is 1. The summed E-state index contributed by atoms with van der Waals surface area (Å²) < 4.78 is 13.6. The van der Waals surface area contributed by atoms with Crippen LogP contribution in [0.5, 0.6) is 0 Å². The number of hydrogen-bond acceptors (Lipinski definition) is 5. The number of β-amino-alcohol motifs (C(OH)–C–C–N with tert-alkyl or cyclic N) is 1. The molecule has 154 valence electrons. The number of nitrogens with one attached hydrogen (secondary N) is 1. The Bertz CT molecular complexity index is 669. The summed E-state index contributed by atoms with van der Waals surface area (Å²) in [4.78, 5) is 28.7. The number of fused-ring (bicyclic) bond motifs is 3. The number of hydrogen-bond donors (Lipinski definition) is 2. The fourth-order valence-corrected chi connectivity index (χ4v) is 5.58. The van der Waals surface area contributed by atoms with Crippen molar-refractivity contribution in [1.29, 1.82) is 5.26 Å². The molecule has 28 heavy (non-hydrogen) atoms. The summed E-state index contributed by atoms with van der Waals surface area (Å²) in [5.74, 6) is -0.0260. The van der Waals surface area contributed by atoms with Gasteiger partial charge in [-0.25, -0.2) is 4.39 Å². The Morgan fingerprint density at radius 3 is 2.43 bits per heavy atom. The molecule has 2 amide bonds. The number of amides is 2. The van der Waals surface area contributed by atoms with Crippen molar-refractivity contribution < 1.29 is 19.1 Å². The summed E-state index contributed by atoms with van der Waals surface area (Å²) in [7, 11) is 0. The maximum Gasteiger partial charge on any atom is 0.237 e. The van der Waals surface area contributed by atoms with E-state index in [0.717, 1.165) is 38.5 Å². The minimum absolute atomic E-state index is 0.00500. The Morgan fingerprint density at radius 2 is 1.86 bits per heavy atom. The molecule has 2 aliphatic heterocycles. The minimum atomic E-state index is -1.12. The third kappa shape index (κ3) is 3.39. The van der Waals surface area contributed by atoms with Gasteiger partial charge in [0.2, 0.25) is 11.8 Å². The zero-order valence-corrected chi connectivity index (χ0v) is 16.2. The highest BCUT2D eigenvalue weighted by atomic mass is 19.1. The van der Waals surface area contributed by atoms with Crippen molar-refractivity contribution in [3.05, 3.63) is 0 Å². The highest BCUT2D eigenvalue weighted by Crippen LogP contribution is 2.53. The van der Waals surface area contributed by atoms with Crippen LogP contribution in [0.3, 0.4) is 0 Å². The number of nitrogens with zero attached hydrogens (tertiary/aromatic N) is 3. The molecule has 0 aromatic rings. The van der Waals surface area contributed by atoms with Gasteiger partial charge in [-0.15, -0.1) is 0 Å². The molecule has 5 fully saturated rings. The fraction of sp³-hybridized carbons (Fsp3) is 0.850. The average Bonchev–Trinajstić information content (AvgIpc) is 3.32. The maximum atomic E-state index is 13.6. The highest BCUT2D eigenvalue weighted by Gasteiger charge is 2.54. The van der Waals surface area contributed by atoms with Gasteiger partial charge in [0.1, 0.15) is 12.2 Å². The highest BCUT2D eigenvalue weighted by molar-refractivity contribution is 5.83. The van der Waals surface area contributed by atoms with E-state index in [1.807, 2.05) is 11.0 Å². The van der Waals surface area contributed by atoms with Crippen molar-refractivity contribution in [2.75, 3.05) is 26.2 Å². The van der Waals surface area contributed by atoms with Crippen LogP contribution in [0.25, 0.3) is 0 Å². The van der Waals surface area contributed by atoms with Crippen molar-refractivity contribution in [3.8, 4) is 6.07 Å². The lowest BCUT2D eigenvalue weighted by molar-refractivity contribution is -0.149. The van der Waals surface area contributed by atoms with E-state index >= 15 is 0 Å². The molecule has 0 aromatic carbocycles. The largest absolute Gasteiger partial charge is 0.391 e. The van der Waals surface area contributed by atoms with Gasteiger partial charge in [0, 0.05) is 30.5 Å². The summed E-state index contributed by atoms with van der Waals surface area (Å²) in [6, 6.07) is 1.35. The van der Waals surface area contributed by atoms with E-state index in [2.05, 4.69) is 5.32 Å². The van der Waals surface area contributed by atoms with Gasteiger partial charge in [-0.05, 0) is 44.9 Å². The first-order valence-corrected chi connectivity index (χ1v) is 10.4. The molecule has 3 atom stereocenters. The van der Waals surface area contributed by atoms with Gasteiger partial charge >= 0.3 is 0 Å². The van der Waals surface area contributed by atoms with Crippen LogP contribution in [-0.4, -0.2) is 76.8 Å². The summed E-state index contributed by atoms with van der Waals surface area (Å²) in [6.45, 7) is 1.21. The van der Waals surface area contributed by atoms with E-state index in [9.17, 15) is 19.1 Å². The van der Waals surface area contributed by atoms with Gasteiger partial charge in [0.05, 0.1) is 25.3 Å². The first-order chi connectivity index (χ1) is 13.4. The van der Waals surface area contributed by atoms with Gasteiger partial charge in [0.15, 0.2) is 0 Å². The third-order valence-electron chi connectivity index (χ3n) is 7.48. The van der Waals surface area contributed by atoms with Crippen LogP contribution in [0.1, 0.15) is 51.4 Å². The quantitative estimate of drug-likeness (QED) is 0.735. The van der Waals surface area contributed by atoms with Crippen molar-refractivity contribution in [3.63, 3.8) is 0 Å². The minimum Gasteiger partial charge on any atom is -0.391 e. The zero-order valence-electron chi connectivity index (χ0n) is 16.2. The van der Waals surface area contributed by atoms with Crippen molar-refractivity contribution in [2.45, 2.75) is 75.2 Å². The molecular weight excluding hydrogens is 363 g/mol. The Morgan fingerprint density at radius 1 is 1.18 bits per heavy atom. The second-order valence-corrected chi connectivity index (χ2v) is 9.13. The van der Waals surface area contributed by atoms with E-state index < -0.39 is 18.3 Å². The van der Waals surface area contributed by atoms with Crippen molar-refractivity contribution >= 4 is 11.8 Å². The lowest BCUT2D eigenvalue weighted by Crippen LogP contribution is -2.60. The number of likely N-dealkylation sites (tertiary alicyclic amines) is 2. The Hall–Kier alpha value is -1.72. The molecule has 5 aliphatic rings. The van der Waals surface area contributed by atoms with Crippen molar-refractivity contribution in [2.24, 2.45) is 5.41 Å². The number of nitriles is 1. The zero-order chi connectivity index (χ0) is 19.9. The molecule has 0 radical (unpaired) electrons. The molecule has 0 aromatic heterocycles. The molecule has 5 rings (SSSR count). The van der Waals surface area contributed by atoms with Gasteiger partial charge in [-0.1, -0.05) is 0 Å².